The lowest BCUT2D eigenvalue weighted by molar-refractivity contribution is 0.0601. The third kappa shape index (κ3) is 2.18. The van der Waals surface area contributed by atoms with Crippen molar-refractivity contribution in [1.82, 2.24) is 14.8 Å². The highest BCUT2D eigenvalue weighted by Crippen LogP contribution is 2.24. The minimum absolute atomic E-state index is 0.158. The highest BCUT2D eigenvalue weighted by Gasteiger charge is 2.15. The number of carbonyl (C=O) groups excluding carboxylic acids is 1. The highest BCUT2D eigenvalue weighted by molar-refractivity contribution is 6.02. The number of ether oxygens (including phenoxy) is 1. The van der Waals surface area contributed by atoms with E-state index in [0.717, 1.165) is 5.39 Å². The normalized spacial score (nSPS) is 11.2. The van der Waals surface area contributed by atoms with E-state index in [1.165, 1.54) is 17.9 Å². The first-order valence-corrected chi connectivity index (χ1v) is 7.29. The number of nitrogens with zero attached hydrogens (tertiary/aromatic N) is 2. The molecule has 7 heteroatoms. The van der Waals surface area contributed by atoms with E-state index in [4.69, 9.17) is 9.15 Å². The first-order valence-electron chi connectivity index (χ1n) is 7.29. The summed E-state index contributed by atoms with van der Waals surface area (Å²) >= 11 is 0. The van der Waals surface area contributed by atoms with Crippen LogP contribution in [0.3, 0.4) is 0 Å². The number of H-pyrrole nitrogens is 1. The van der Waals surface area contributed by atoms with E-state index in [-0.39, 0.29) is 12.1 Å². The largest absolute Gasteiger partial charge is 0.465 e. The number of rotatable bonds is 3. The molecule has 0 radical (unpaired) electrons. The van der Waals surface area contributed by atoms with E-state index < -0.39 is 5.97 Å². The Kier molecular flexibility index (Phi) is 3.19. The second-order valence-corrected chi connectivity index (χ2v) is 5.37. The second kappa shape index (κ2) is 5.38. The molecule has 4 rings (SSSR count). The minimum Gasteiger partial charge on any atom is -0.465 e. The van der Waals surface area contributed by atoms with Crippen molar-refractivity contribution in [2.24, 2.45) is 0 Å². The predicted octanol–water partition coefficient (Wildman–Crippen LogP) is 2.31. The third-order valence-corrected chi connectivity index (χ3v) is 3.91. The van der Waals surface area contributed by atoms with Crippen LogP contribution >= 0.6 is 0 Å². The van der Waals surface area contributed by atoms with Gasteiger partial charge in [-0.25, -0.2) is 4.79 Å². The molecule has 1 N–H and O–H groups in total. The van der Waals surface area contributed by atoms with Gasteiger partial charge in [-0.3, -0.25) is 9.89 Å². The fourth-order valence-corrected chi connectivity index (χ4v) is 2.74. The van der Waals surface area contributed by atoms with E-state index in [1.807, 2.05) is 12.1 Å². The van der Waals surface area contributed by atoms with Gasteiger partial charge in [0.05, 0.1) is 30.8 Å². The van der Waals surface area contributed by atoms with Crippen LogP contribution in [0.1, 0.15) is 16.1 Å². The molecule has 7 nitrogen and oxygen atoms in total. The number of benzene rings is 1. The Morgan fingerprint density at radius 3 is 3.08 bits per heavy atom. The summed E-state index contributed by atoms with van der Waals surface area (Å²) in [6.45, 7) is 0.259. The summed E-state index contributed by atoms with van der Waals surface area (Å²) in [6.07, 6.45) is 3.18. The van der Waals surface area contributed by atoms with Gasteiger partial charge in [-0.15, -0.1) is 0 Å². The van der Waals surface area contributed by atoms with Crippen LogP contribution in [0.2, 0.25) is 0 Å². The van der Waals surface area contributed by atoms with Crippen LogP contribution in [-0.4, -0.2) is 27.8 Å². The number of hydrogen-bond donors (Lipinski definition) is 1. The van der Waals surface area contributed by atoms with Crippen molar-refractivity contribution in [3.8, 4) is 0 Å². The van der Waals surface area contributed by atoms with Crippen LogP contribution in [-0.2, 0) is 11.3 Å². The quantitative estimate of drug-likeness (QED) is 0.584. The van der Waals surface area contributed by atoms with Crippen molar-refractivity contribution < 1.29 is 13.9 Å². The summed E-state index contributed by atoms with van der Waals surface area (Å²) < 4.78 is 12.1. The molecule has 0 aliphatic rings. The average molecular weight is 323 g/mol. The number of pyridine rings is 1. The average Bonchev–Trinajstić information content (AvgIpc) is 3.22. The summed E-state index contributed by atoms with van der Waals surface area (Å²) in [5.74, 6) is 0.116. The van der Waals surface area contributed by atoms with E-state index in [0.29, 0.717) is 27.8 Å². The molecule has 1 aromatic carbocycles. The van der Waals surface area contributed by atoms with Crippen LogP contribution in [0, 0.1) is 0 Å². The summed E-state index contributed by atoms with van der Waals surface area (Å²) in [7, 11) is 1.32. The summed E-state index contributed by atoms with van der Waals surface area (Å²) in [5.41, 5.74) is 1.35. The van der Waals surface area contributed by atoms with Gasteiger partial charge in [0.1, 0.15) is 16.9 Å². The monoisotopic (exact) mass is 323 g/mol. The lowest BCUT2D eigenvalue weighted by Crippen LogP contribution is -2.19. The van der Waals surface area contributed by atoms with Crippen LogP contribution in [0.25, 0.3) is 21.9 Å². The summed E-state index contributed by atoms with van der Waals surface area (Å²) in [6, 6.07) is 8.85. The molecule has 4 aromatic rings. The number of carbonyl (C=O) groups is 1. The number of fused-ring (bicyclic) bond motifs is 2. The maximum Gasteiger partial charge on any atom is 0.341 e. The van der Waals surface area contributed by atoms with E-state index in [1.54, 1.807) is 24.4 Å². The van der Waals surface area contributed by atoms with Crippen LogP contribution in [0.15, 0.2) is 51.9 Å². The van der Waals surface area contributed by atoms with Crippen LogP contribution < -0.4 is 5.56 Å². The minimum atomic E-state index is -0.460. The van der Waals surface area contributed by atoms with Gasteiger partial charge < -0.3 is 13.7 Å². The van der Waals surface area contributed by atoms with Crippen LogP contribution in [0.5, 0.6) is 0 Å². The zero-order valence-electron chi connectivity index (χ0n) is 12.8. The molecule has 0 aliphatic carbocycles. The molecule has 0 saturated carbocycles. The van der Waals surface area contributed by atoms with Gasteiger partial charge in [0.15, 0.2) is 0 Å². The standard InChI is InChI=1S/C17H13N3O4/c1-23-17(22)12-4-2-3-10-7-11(24-15(10)12)9-20-6-5-14-13(16(20)21)8-18-19-14/h2-8H,9H2,1H3,(H,18,19). The van der Waals surface area contributed by atoms with Crippen molar-refractivity contribution in [2.45, 2.75) is 6.54 Å². The van der Waals surface area contributed by atoms with Gasteiger partial charge in [0.2, 0.25) is 0 Å². The first kappa shape index (κ1) is 14.3. The first-order chi connectivity index (χ1) is 11.7. The van der Waals surface area contributed by atoms with E-state index in [9.17, 15) is 9.59 Å². The predicted molar refractivity (Wildman–Crippen MR) is 87.0 cm³/mol. The molecule has 0 unspecified atom stereocenters. The lowest BCUT2D eigenvalue weighted by Gasteiger charge is -2.03. The molecule has 120 valence electrons. The second-order valence-electron chi connectivity index (χ2n) is 5.37. The molecule has 0 saturated heterocycles. The van der Waals surface area contributed by atoms with E-state index >= 15 is 0 Å². The molecule has 0 fully saturated rings. The Hall–Kier alpha value is -3.35. The van der Waals surface area contributed by atoms with Crippen LogP contribution in [0.4, 0.5) is 0 Å². The summed E-state index contributed by atoms with van der Waals surface area (Å²) in [4.78, 5) is 24.2. The molecule has 24 heavy (non-hydrogen) atoms. The fraction of sp³-hybridized carbons (Fsp3) is 0.118. The Balaban J connectivity index is 1.78. The van der Waals surface area contributed by atoms with Crippen molar-refractivity contribution in [1.29, 1.82) is 0 Å². The number of esters is 1. The maximum absolute atomic E-state index is 12.4. The molecule has 0 atom stereocenters. The summed E-state index contributed by atoms with van der Waals surface area (Å²) in [5, 5.41) is 7.93. The van der Waals surface area contributed by atoms with Crippen molar-refractivity contribution in [3.63, 3.8) is 0 Å². The van der Waals surface area contributed by atoms with Crippen molar-refractivity contribution in [2.75, 3.05) is 7.11 Å². The van der Waals surface area contributed by atoms with Crippen molar-refractivity contribution >= 4 is 27.8 Å². The zero-order chi connectivity index (χ0) is 16.7. The molecule has 3 heterocycles. The number of nitrogens with one attached hydrogen (secondary N) is 1. The van der Waals surface area contributed by atoms with Gasteiger partial charge in [0.25, 0.3) is 5.56 Å². The SMILES string of the molecule is COC(=O)c1cccc2cc(Cn3ccc4[nH]ncc4c3=O)oc12. The van der Waals surface area contributed by atoms with Gasteiger partial charge >= 0.3 is 5.97 Å². The number of para-hydroxylation sites is 1. The van der Waals surface area contributed by atoms with Gasteiger partial charge in [-0.05, 0) is 18.2 Å². The Bertz CT molecular complexity index is 1120. The highest BCUT2D eigenvalue weighted by atomic mass is 16.5. The zero-order valence-corrected chi connectivity index (χ0v) is 12.8. The number of methoxy groups -OCH3 is 1. The number of hydrogen-bond acceptors (Lipinski definition) is 5. The number of furan rings is 1. The smallest absolute Gasteiger partial charge is 0.341 e. The topological polar surface area (TPSA) is 90.1 Å². The Labute approximate surface area is 135 Å². The molecule has 0 amide bonds. The lowest BCUT2D eigenvalue weighted by atomic mass is 10.1. The van der Waals surface area contributed by atoms with E-state index in [2.05, 4.69) is 10.2 Å². The fourth-order valence-electron chi connectivity index (χ4n) is 2.74. The third-order valence-electron chi connectivity index (χ3n) is 3.91. The number of aromatic nitrogens is 3. The van der Waals surface area contributed by atoms with Gasteiger partial charge in [-0.1, -0.05) is 12.1 Å². The molecule has 0 spiro atoms. The number of aromatic amines is 1. The molecule has 0 bridgehead atoms. The maximum atomic E-state index is 12.4. The molecule has 0 aliphatic heterocycles. The van der Waals surface area contributed by atoms with Crippen molar-refractivity contribution in [3.05, 3.63) is 64.4 Å². The Morgan fingerprint density at radius 1 is 1.38 bits per heavy atom. The molecule has 3 aromatic heterocycles. The van der Waals surface area contributed by atoms with Gasteiger partial charge in [-0.2, -0.15) is 5.10 Å². The van der Waals surface area contributed by atoms with Gasteiger partial charge in [0, 0.05) is 11.6 Å². The Morgan fingerprint density at radius 2 is 2.25 bits per heavy atom. The molecular weight excluding hydrogens is 310 g/mol. The molecular formula is C17H13N3O4.